The summed E-state index contributed by atoms with van der Waals surface area (Å²) in [5, 5.41) is 2.85. The van der Waals surface area contributed by atoms with Crippen molar-refractivity contribution in [3.05, 3.63) is 29.3 Å². The SMILES string of the molecule is Cc1ccc(C(=O)N(C)C)cc1NC(=O)CCCCCl. The molecule has 1 aromatic rings. The van der Waals surface area contributed by atoms with E-state index in [1.54, 1.807) is 26.2 Å². The van der Waals surface area contributed by atoms with Crippen molar-refractivity contribution in [2.45, 2.75) is 26.2 Å². The van der Waals surface area contributed by atoms with E-state index in [1.165, 1.54) is 4.90 Å². The minimum atomic E-state index is -0.0809. The fraction of sp³-hybridized carbons (Fsp3) is 0.467. The van der Waals surface area contributed by atoms with Gasteiger partial charge in [-0.05, 0) is 37.5 Å². The molecule has 0 aliphatic heterocycles. The average Bonchev–Trinajstić information content (AvgIpc) is 2.40. The standard InChI is InChI=1S/C15H21ClN2O2/c1-11-7-8-12(15(20)18(2)3)10-13(11)17-14(19)6-4-5-9-16/h7-8,10H,4-6,9H2,1-3H3,(H,17,19). The largest absolute Gasteiger partial charge is 0.345 e. The smallest absolute Gasteiger partial charge is 0.253 e. The summed E-state index contributed by atoms with van der Waals surface area (Å²) in [6.45, 7) is 1.90. The van der Waals surface area contributed by atoms with Crippen LogP contribution in [0.2, 0.25) is 0 Å². The maximum atomic E-state index is 11.9. The molecule has 0 atom stereocenters. The van der Waals surface area contributed by atoms with E-state index in [2.05, 4.69) is 5.32 Å². The van der Waals surface area contributed by atoms with Gasteiger partial charge >= 0.3 is 0 Å². The number of amides is 2. The fourth-order valence-corrected chi connectivity index (χ4v) is 1.93. The molecular formula is C15H21ClN2O2. The van der Waals surface area contributed by atoms with E-state index < -0.39 is 0 Å². The molecule has 0 aliphatic rings. The predicted molar refractivity (Wildman–Crippen MR) is 82.4 cm³/mol. The van der Waals surface area contributed by atoms with Gasteiger partial charge in [0.15, 0.2) is 0 Å². The zero-order chi connectivity index (χ0) is 15.1. The number of nitrogens with zero attached hydrogens (tertiary/aromatic N) is 1. The number of aryl methyl sites for hydroxylation is 1. The van der Waals surface area contributed by atoms with Crippen LogP contribution in [-0.4, -0.2) is 36.7 Å². The number of anilines is 1. The molecule has 0 fully saturated rings. The predicted octanol–water partition coefficient (Wildman–Crippen LogP) is 3.04. The van der Waals surface area contributed by atoms with Crippen LogP contribution < -0.4 is 5.32 Å². The van der Waals surface area contributed by atoms with Gasteiger partial charge in [0, 0.05) is 37.6 Å². The third-order valence-corrected chi connectivity index (χ3v) is 3.22. The zero-order valence-corrected chi connectivity index (χ0v) is 13.0. The van der Waals surface area contributed by atoms with E-state index in [-0.39, 0.29) is 11.8 Å². The van der Waals surface area contributed by atoms with Crippen molar-refractivity contribution in [1.82, 2.24) is 4.90 Å². The van der Waals surface area contributed by atoms with E-state index in [1.807, 2.05) is 13.0 Å². The Kier molecular flexibility index (Phi) is 6.52. The Bertz CT molecular complexity index is 487. The summed E-state index contributed by atoms with van der Waals surface area (Å²) in [6.07, 6.45) is 2.04. The van der Waals surface area contributed by atoms with Gasteiger partial charge in [-0.25, -0.2) is 0 Å². The number of hydrogen-bond acceptors (Lipinski definition) is 2. The molecule has 0 heterocycles. The quantitative estimate of drug-likeness (QED) is 0.648. The number of rotatable bonds is 6. The number of carbonyl (C=O) groups is 2. The highest BCUT2D eigenvalue weighted by atomic mass is 35.5. The number of benzene rings is 1. The van der Waals surface area contributed by atoms with E-state index in [0.29, 0.717) is 23.6 Å². The van der Waals surface area contributed by atoms with E-state index in [9.17, 15) is 9.59 Å². The lowest BCUT2D eigenvalue weighted by molar-refractivity contribution is -0.116. The molecule has 4 nitrogen and oxygen atoms in total. The highest BCUT2D eigenvalue weighted by Gasteiger charge is 2.11. The van der Waals surface area contributed by atoms with Crippen LogP contribution in [0.15, 0.2) is 18.2 Å². The van der Waals surface area contributed by atoms with Crippen molar-refractivity contribution in [2.75, 3.05) is 25.3 Å². The first-order valence-electron chi connectivity index (χ1n) is 6.64. The molecule has 0 saturated carbocycles. The molecule has 1 N–H and O–H groups in total. The maximum absolute atomic E-state index is 11.9. The summed E-state index contributed by atoms with van der Waals surface area (Å²) in [6, 6.07) is 5.32. The zero-order valence-electron chi connectivity index (χ0n) is 12.2. The van der Waals surface area contributed by atoms with Gasteiger partial charge in [0.1, 0.15) is 0 Å². The van der Waals surface area contributed by atoms with Crippen molar-refractivity contribution < 1.29 is 9.59 Å². The average molecular weight is 297 g/mol. The van der Waals surface area contributed by atoms with Gasteiger partial charge in [0.05, 0.1) is 0 Å². The second-order valence-corrected chi connectivity index (χ2v) is 5.30. The lowest BCUT2D eigenvalue weighted by atomic mass is 10.1. The van der Waals surface area contributed by atoms with Crippen LogP contribution in [0.3, 0.4) is 0 Å². The highest BCUT2D eigenvalue weighted by molar-refractivity contribution is 6.17. The molecule has 5 heteroatoms. The van der Waals surface area contributed by atoms with Crippen LogP contribution >= 0.6 is 11.6 Å². The Balaban J connectivity index is 2.76. The molecule has 0 spiro atoms. The molecule has 1 aromatic carbocycles. The van der Waals surface area contributed by atoms with Gasteiger partial charge < -0.3 is 10.2 Å². The van der Waals surface area contributed by atoms with Crippen LogP contribution in [-0.2, 0) is 4.79 Å². The van der Waals surface area contributed by atoms with Crippen LogP contribution in [0, 0.1) is 6.92 Å². The van der Waals surface area contributed by atoms with Gasteiger partial charge in [-0.3, -0.25) is 9.59 Å². The van der Waals surface area contributed by atoms with Crippen molar-refractivity contribution in [3.63, 3.8) is 0 Å². The van der Waals surface area contributed by atoms with E-state index in [0.717, 1.165) is 18.4 Å². The molecule has 0 unspecified atom stereocenters. The monoisotopic (exact) mass is 296 g/mol. The number of halogens is 1. The summed E-state index contributed by atoms with van der Waals surface area (Å²) in [7, 11) is 3.40. The molecule has 110 valence electrons. The summed E-state index contributed by atoms with van der Waals surface area (Å²) >= 11 is 5.58. The van der Waals surface area contributed by atoms with Gasteiger partial charge in [-0.2, -0.15) is 0 Å². The summed E-state index contributed by atoms with van der Waals surface area (Å²) in [4.78, 5) is 25.2. The molecule has 1 rings (SSSR count). The van der Waals surface area contributed by atoms with Crippen LogP contribution in [0.1, 0.15) is 35.2 Å². The fourth-order valence-electron chi connectivity index (χ4n) is 1.74. The molecular weight excluding hydrogens is 276 g/mol. The van der Waals surface area contributed by atoms with Gasteiger partial charge in [0.25, 0.3) is 5.91 Å². The van der Waals surface area contributed by atoms with Gasteiger partial charge in [-0.15, -0.1) is 11.6 Å². The first-order chi connectivity index (χ1) is 9.45. The van der Waals surface area contributed by atoms with Crippen molar-refractivity contribution in [1.29, 1.82) is 0 Å². The molecule has 0 radical (unpaired) electrons. The normalized spacial score (nSPS) is 10.2. The summed E-state index contributed by atoms with van der Waals surface area (Å²) in [5.41, 5.74) is 2.19. The molecule has 0 bridgehead atoms. The molecule has 2 amide bonds. The van der Waals surface area contributed by atoms with Crippen molar-refractivity contribution in [3.8, 4) is 0 Å². The van der Waals surface area contributed by atoms with Crippen LogP contribution in [0.5, 0.6) is 0 Å². The Morgan fingerprint density at radius 1 is 1.25 bits per heavy atom. The first-order valence-corrected chi connectivity index (χ1v) is 7.17. The highest BCUT2D eigenvalue weighted by Crippen LogP contribution is 2.18. The maximum Gasteiger partial charge on any atom is 0.253 e. The number of carbonyl (C=O) groups excluding carboxylic acids is 2. The Morgan fingerprint density at radius 3 is 2.55 bits per heavy atom. The Labute approximate surface area is 125 Å². The Hall–Kier alpha value is -1.55. The molecule has 0 aromatic heterocycles. The summed E-state index contributed by atoms with van der Waals surface area (Å²) in [5.74, 6) is 0.439. The van der Waals surface area contributed by atoms with E-state index in [4.69, 9.17) is 11.6 Å². The number of hydrogen-bond donors (Lipinski definition) is 1. The first kappa shape index (κ1) is 16.5. The molecule has 20 heavy (non-hydrogen) atoms. The van der Waals surface area contributed by atoms with Crippen molar-refractivity contribution >= 4 is 29.1 Å². The van der Waals surface area contributed by atoms with Crippen LogP contribution in [0.4, 0.5) is 5.69 Å². The van der Waals surface area contributed by atoms with Gasteiger partial charge in [-0.1, -0.05) is 6.07 Å². The lowest BCUT2D eigenvalue weighted by Crippen LogP contribution is -2.22. The van der Waals surface area contributed by atoms with E-state index >= 15 is 0 Å². The number of unbranched alkanes of at least 4 members (excludes halogenated alkanes) is 1. The number of nitrogens with one attached hydrogen (secondary N) is 1. The Morgan fingerprint density at radius 2 is 1.95 bits per heavy atom. The molecule has 0 aliphatic carbocycles. The van der Waals surface area contributed by atoms with Gasteiger partial charge in [0.2, 0.25) is 5.91 Å². The summed E-state index contributed by atoms with van der Waals surface area (Å²) < 4.78 is 0. The van der Waals surface area contributed by atoms with Crippen LogP contribution in [0.25, 0.3) is 0 Å². The third-order valence-electron chi connectivity index (χ3n) is 2.95. The number of alkyl halides is 1. The minimum Gasteiger partial charge on any atom is -0.345 e. The second kappa shape index (κ2) is 7.90. The lowest BCUT2D eigenvalue weighted by Gasteiger charge is -2.13. The second-order valence-electron chi connectivity index (χ2n) is 4.92. The topological polar surface area (TPSA) is 49.4 Å². The third kappa shape index (κ3) is 4.85. The minimum absolute atomic E-state index is 0.0485. The molecule has 0 saturated heterocycles. The van der Waals surface area contributed by atoms with Crippen molar-refractivity contribution in [2.24, 2.45) is 0 Å².